The zero-order chi connectivity index (χ0) is 17.6. The van der Waals surface area contributed by atoms with Crippen molar-refractivity contribution >= 4 is 17.2 Å². The highest BCUT2D eigenvalue weighted by molar-refractivity contribution is 7.15. The van der Waals surface area contributed by atoms with E-state index in [0.29, 0.717) is 6.54 Å². The number of carbonyl (C=O) groups is 1. The lowest BCUT2D eigenvalue weighted by Crippen LogP contribution is -2.24. The minimum Gasteiger partial charge on any atom is -0.496 e. The molecule has 0 radical (unpaired) electrons. The number of nitrogens with one attached hydrogen (secondary N) is 1. The van der Waals surface area contributed by atoms with Crippen LogP contribution in [0.4, 0.5) is 0 Å². The van der Waals surface area contributed by atoms with Gasteiger partial charge in [0, 0.05) is 28.4 Å². The molecule has 0 aliphatic heterocycles. The van der Waals surface area contributed by atoms with Crippen molar-refractivity contribution in [2.24, 2.45) is 0 Å². The number of carbonyl (C=O) groups excluding carboxylic acids is 1. The third kappa shape index (κ3) is 4.22. The minimum atomic E-state index is -0.0415. The molecule has 1 amide bonds. The molecule has 0 saturated heterocycles. The molecule has 0 atom stereocenters. The molecule has 0 saturated carbocycles. The van der Waals surface area contributed by atoms with Gasteiger partial charge >= 0.3 is 0 Å². The van der Waals surface area contributed by atoms with E-state index in [1.54, 1.807) is 30.8 Å². The Hall–Kier alpha value is -2.73. The fourth-order valence-electron chi connectivity index (χ4n) is 2.47. The monoisotopic (exact) mass is 353 g/mol. The SMILES string of the molecule is COc1ccccc1CC(=O)NCc1sc(-c2cccnc2)nc1C. The van der Waals surface area contributed by atoms with Crippen molar-refractivity contribution in [3.05, 3.63) is 64.9 Å². The Kier molecular flexibility index (Phi) is 5.40. The van der Waals surface area contributed by atoms with Crippen LogP contribution in [0.2, 0.25) is 0 Å². The lowest BCUT2D eigenvalue weighted by molar-refractivity contribution is -0.120. The van der Waals surface area contributed by atoms with Crippen LogP contribution in [-0.4, -0.2) is 23.0 Å². The summed E-state index contributed by atoms with van der Waals surface area (Å²) in [5.74, 6) is 0.686. The van der Waals surface area contributed by atoms with Gasteiger partial charge in [0.1, 0.15) is 10.8 Å². The predicted molar refractivity (Wildman–Crippen MR) is 98.6 cm³/mol. The third-order valence-electron chi connectivity index (χ3n) is 3.79. The highest BCUT2D eigenvalue weighted by atomic mass is 32.1. The van der Waals surface area contributed by atoms with Gasteiger partial charge in [0.25, 0.3) is 0 Å². The van der Waals surface area contributed by atoms with Crippen LogP contribution in [0.15, 0.2) is 48.8 Å². The first-order valence-electron chi connectivity index (χ1n) is 7.92. The molecule has 0 spiro atoms. The van der Waals surface area contributed by atoms with Gasteiger partial charge in [-0.15, -0.1) is 11.3 Å². The lowest BCUT2D eigenvalue weighted by Gasteiger charge is -2.08. The average molecular weight is 353 g/mol. The number of aryl methyl sites for hydroxylation is 1. The number of para-hydroxylation sites is 1. The fraction of sp³-hybridized carbons (Fsp3) is 0.211. The first-order valence-corrected chi connectivity index (χ1v) is 8.74. The Morgan fingerprint density at radius 2 is 2.08 bits per heavy atom. The number of nitrogens with zero attached hydrogens (tertiary/aromatic N) is 2. The molecule has 128 valence electrons. The number of benzene rings is 1. The number of ether oxygens (including phenoxy) is 1. The van der Waals surface area contributed by atoms with Crippen molar-refractivity contribution in [3.63, 3.8) is 0 Å². The van der Waals surface area contributed by atoms with Gasteiger partial charge in [0.15, 0.2) is 0 Å². The summed E-state index contributed by atoms with van der Waals surface area (Å²) >= 11 is 1.58. The van der Waals surface area contributed by atoms with Gasteiger partial charge in [0.05, 0.1) is 25.8 Å². The minimum absolute atomic E-state index is 0.0415. The Balaban J connectivity index is 1.64. The second-order valence-corrected chi connectivity index (χ2v) is 6.62. The maximum Gasteiger partial charge on any atom is 0.224 e. The maximum atomic E-state index is 12.2. The van der Waals surface area contributed by atoms with Gasteiger partial charge in [-0.25, -0.2) is 4.98 Å². The molecule has 0 aliphatic carbocycles. The van der Waals surface area contributed by atoms with Crippen LogP contribution in [-0.2, 0) is 17.8 Å². The number of hydrogen-bond acceptors (Lipinski definition) is 5. The van der Waals surface area contributed by atoms with E-state index < -0.39 is 0 Å². The molecule has 2 aromatic heterocycles. The molecular weight excluding hydrogens is 334 g/mol. The molecule has 2 heterocycles. The number of hydrogen-bond donors (Lipinski definition) is 1. The number of aromatic nitrogens is 2. The molecule has 6 heteroatoms. The van der Waals surface area contributed by atoms with E-state index in [9.17, 15) is 4.79 Å². The van der Waals surface area contributed by atoms with Crippen molar-refractivity contribution in [2.45, 2.75) is 19.9 Å². The Bertz CT molecular complexity index is 862. The van der Waals surface area contributed by atoms with Crippen molar-refractivity contribution in [1.82, 2.24) is 15.3 Å². The van der Waals surface area contributed by atoms with Gasteiger partial charge < -0.3 is 10.1 Å². The normalized spacial score (nSPS) is 10.5. The average Bonchev–Trinajstić information content (AvgIpc) is 3.02. The molecule has 0 unspecified atom stereocenters. The van der Waals surface area contributed by atoms with E-state index in [4.69, 9.17) is 4.74 Å². The Morgan fingerprint density at radius 3 is 2.84 bits per heavy atom. The van der Waals surface area contributed by atoms with E-state index in [2.05, 4.69) is 15.3 Å². The zero-order valence-corrected chi connectivity index (χ0v) is 15.0. The summed E-state index contributed by atoms with van der Waals surface area (Å²) in [7, 11) is 1.61. The first-order chi connectivity index (χ1) is 12.2. The van der Waals surface area contributed by atoms with E-state index >= 15 is 0 Å². The van der Waals surface area contributed by atoms with Gasteiger partial charge in [-0.05, 0) is 25.1 Å². The van der Waals surface area contributed by atoms with Gasteiger partial charge in [-0.1, -0.05) is 18.2 Å². The zero-order valence-electron chi connectivity index (χ0n) is 14.2. The lowest BCUT2D eigenvalue weighted by atomic mass is 10.1. The maximum absolute atomic E-state index is 12.2. The summed E-state index contributed by atoms with van der Waals surface area (Å²) in [5, 5.41) is 3.88. The van der Waals surface area contributed by atoms with Gasteiger partial charge in [0.2, 0.25) is 5.91 Å². The molecule has 1 aromatic carbocycles. The molecule has 5 nitrogen and oxygen atoms in total. The van der Waals surface area contributed by atoms with Crippen LogP contribution >= 0.6 is 11.3 Å². The van der Waals surface area contributed by atoms with Crippen LogP contribution in [0, 0.1) is 6.92 Å². The topological polar surface area (TPSA) is 64.1 Å². The number of thiazole rings is 1. The van der Waals surface area contributed by atoms with E-state index in [0.717, 1.165) is 32.5 Å². The van der Waals surface area contributed by atoms with Gasteiger partial charge in [-0.2, -0.15) is 0 Å². The van der Waals surface area contributed by atoms with Crippen molar-refractivity contribution in [3.8, 4) is 16.3 Å². The quantitative estimate of drug-likeness (QED) is 0.738. The van der Waals surface area contributed by atoms with Crippen molar-refractivity contribution < 1.29 is 9.53 Å². The number of pyridine rings is 1. The highest BCUT2D eigenvalue weighted by Gasteiger charge is 2.12. The largest absolute Gasteiger partial charge is 0.496 e. The van der Waals surface area contributed by atoms with Crippen LogP contribution in [0.3, 0.4) is 0 Å². The van der Waals surface area contributed by atoms with Gasteiger partial charge in [-0.3, -0.25) is 9.78 Å². The summed E-state index contributed by atoms with van der Waals surface area (Å²) in [6.07, 6.45) is 3.82. The predicted octanol–water partition coefficient (Wildman–Crippen LogP) is 3.38. The Morgan fingerprint density at radius 1 is 1.24 bits per heavy atom. The first kappa shape index (κ1) is 17.1. The van der Waals surface area contributed by atoms with Crippen LogP contribution in [0.5, 0.6) is 5.75 Å². The molecule has 25 heavy (non-hydrogen) atoms. The van der Waals surface area contributed by atoms with Crippen LogP contribution in [0.1, 0.15) is 16.1 Å². The Labute approximate surface area is 150 Å². The smallest absolute Gasteiger partial charge is 0.224 e. The number of amides is 1. The molecule has 0 aliphatic rings. The second kappa shape index (κ2) is 7.90. The number of rotatable bonds is 6. The molecule has 1 N–H and O–H groups in total. The van der Waals surface area contributed by atoms with Crippen LogP contribution < -0.4 is 10.1 Å². The summed E-state index contributed by atoms with van der Waals surface area (Å²) < 4.78 is 5.29. The van der Waals surface area contributed by atoms with E-state index in [-0.39, 0.29) is 12.3 Å². The summed E-state index contributed by atoms with van der Waals surface area (Å²) in [6, 6.07) is 11.4. The molecule has 3 aromatic rings. The third-order valence-corrected chi connectivity index (χ3v) is 5.00. The summed E-state index contributed by atoms with van der Waals surface area (Å²) in [5.41, 5.74) is 2.79. The summed E-state index contributed by atoms with van der Waals surface area (Å²) in [4.78, 5) is 22.0. The van der Waals surface area contributed by atoms with Crippen LogP contribution in [0.25, 0.3) is 10.6 Å². The number of methoxy groups -OCH3 is 1. The van der Waals surface area contributed by atoms with Crippen molar-refractivity contribution in [1.29, 1.82) is 0 Å². The molecule has 0 fully saturated rings. The fourth-order valence-corrected chi connectivity index (χ4v) is 3.46. The van der Waals surface area contributed by atoms with E-state index in [1.165, 1.54) is 0 Å². The summed E-state index contributed by atoms with van der Waals surface area (Å²) in [6.45, 7) is 2.43. The molecular formula is C19H19N3O2S. The van der Waals surface area contributed by atoms with Crippen molar-refractivity contribution in [2.75, 3.05) is 7.11 Å². The molecule has 0 bridgehead atoms. The van der Waals surface area contributed by atoms with E-state index in [1.807, 2.05) is 43.3 Å². The standard InChI is InChI=1S/C19H19N3O2S/c1-13-17(25-19(22-13)15-7-5-9-20-11-15)12-21-18(23)10-14-6-3-4-8-16(14)24-2/h3-9,11H,10,12H2,1-2H3,(H,21,23). The highest BCUT2D eigenvalue weighted by Crippen LogP contribution is 2.27. The molecule has 3 rings (SSSR count). The second-order valence-electron chi connectivity index (χ2n) is 5.53.